The van der Waals surface area contributed by atoms with Crippen LogP contribution < -0.4 is 19.9 Å². The van der Waals surface area contributed by atoms with Gasteiger partial charge in [-0.2, -0.15) is 5.10 Å². The van der Waals surface area contributed by atoms with Crippen LogP contribution in [0.3, 0.4) is 0 Å². The number of rotatable bonds is 2. The molecule has 6 heteroatoms. The summed E-state index contributed by atoms with van der Waals surface area (Å²) in [7, 11) is 1.59. The Labute approximate surface area is 97.3 Å². The van der Waals surface area contributed by atoms with E-state index in [-0.39, 0.29) is 6.79 Å². The molecule has 0 atom stereocenters. The topological polar surface area (TPSA) is 82.4 Å². The van der Waals surface area contributed by atoms with E-state index in [1.807, 2.05) is 12.1 Å². The second-order valence-corrected chi connectivity index (χ2v) is 3.62. The van der Waals surface area contributed by atoms with Crippen LogP contribution in [-0.2, 0) is 0 Å². The number of hydrogen-bond acceptors (Lipinski definition) is 5. The van der Waals surface area contributed by atoms with Crippen molar-refractivity contribution in [3.63, 3.8) is 0 Å². The molecule has 3 N–H and O–H groups in total. The summed E-state index contributed by atoms with van der Waals surface area (Å²) in [5, 5.41) is 6.72. The first-order chi connectivity index (χ1) is 8.28. The lowest BCUT2D eigenvalue weighted by atomic mass is 10.1. The molecule has 1 aromatic heterocycles. The van der Waals surface area contributed by atoms with Crippen LogP contribution in [0.5, 0.6) is 17.2 Å². The number of anilines is 1. The second kappa shape index (κ2) is 3.58. The molecule has 17 heavy (non-hydrogen) atoms. The minimum absolute atomic E-state index is 0.209. The van der Waals surface area contributed by atoms with Gasteiger partial charge in [-0.25, -0.2) is 0 Å². The van der Waals surface area contributed by atoms with Crippen LogP contribution >= 0.6 is 0 Å². The fourth-order valence-electron chi connectivity index (χ4n) is 1.77. The van der Waals surface area contributed by atoms with Crippen molar-refractivity contribution < 1.29 is 14.2 Å². The lowest BCUT2D eigenvalue weighted by Gasteiger charge is -2.06. The molecule has 6 nitrogen and oxygen atoms in total. The predicted molar refractivity (Wildman–Crippen MR) is 61.1 cm³/mol. The Hall–Kier alpha value is -2.37. The van der Waals surface area contributed by atoms with Gasteiger partial charge < -0.3 is 19.9 Å². The largest absolute Gasteiger partial charge is 0.493 e. The maximum absolute atomic E-state index is 5.57. The van der Waals surface area contributed by atoms with Gasteiger partial charge in [0.2, 0.25) is 12.5 Å². The molecule has 0 bridgehead atoms. The molecular formula is C11H11N3O3. The Morgan fingerprint density at radius 2 is 2.24 bits per heavy atom. The number of benzene rings is 1. The summed E-state index contributed by atoms with van der Waals surface area (Å²) in [6, 6.07) is 5.45. The van der Waals surface area contributed by atoms with E-state index in [4.69, 9.17) is 19.9 Å². The molecule has 2 heterocycles. The number of hydrogen-bond donors (Lipinski definition) is 2. The number of nitrogen functional groups attached to an aromatic ring is 1. The molecule has 0 unspecified atom stereocenters. The predicted octanol–water partition coefficient (Wildman–Crippen LogP) is 1.40. The van der Waals surface area contributed by atoms with Crippen molar-refractivity contribution >= 4 is 5.82 Å². The summed E-state index contributed by atoms with van der Waals surface area (Å²) >= 11 is 0. The Bertz CT molecular complexity index is 565. The van der Waals surface area contributed by atoms with Crippen LogP contribution in [0.15, 0.2) is 18.2 Å². The number of methoxy groups -OCH3 is 1. The number of nitrogens with two attached hydrogens (primary N) is 1. The molecule has 2 aromatic rings. The number of fused-ring (bicyclic) bond motifs is 1. The van der Waals surface area contributed by atoms with E-state index in [2.05, 4.69) is 10.2 Å². The minimum Gasteiger partial charge on any atom is -0.493 e. The molecule has 0 saturated heterocycles. The molecule has 0 amide bonds. The van der Waals surface area contributed by atoms with Crippen LogP contribution in [0.25, 0.3) is 11.3 Å². The van der Waals surface area contributed by atoms with Crippen molar-refractivity contribution in [1.29, 1.82) is 0 Å². The standard InChI is InChI=1S/C11H11N3O3/c1-15-8-2-6(7-4-10(12)14-13-7)3-9-11(8)17-5-16-9/h2-4H,5H2,1H3,(H3,12,13,14). The summed E-state index contributed by atoms with van der Waals surface area (Å²) in [4.78, 5) is 0. The number of nitrogens with zero attached hydrogens (tertiary/aromatic N) is 1. The Balaban J connectivity index is 2.12. The molecule has 3 rings (SSSR count). The van der Waals surface area contributed by atoms with Gasteiger partial charge in [0, 0.05) is 11.6 Å². The zero-order valence-corrected chi connectivity index (χ0v) is 9.19. The zero-order chi connectivity index (χ0) is 11.8. The van der Waals surface area contributed by atoms with Crippen LogP contribution in [0.1, 0.15) is 0 Å². The van der Waals surface area contributed by atoms with E-state index >= 15 is 0 Å². The summed E-state index contributed by atoms with van der Waals surface area (Å²) in [6.45, 7) is 0.209. The fourth-order valence-corrected chi connectivity index (χ4v) is 1.77. The number of H-pyrrole nitrogens is 1. The average Bonchev–Trinajstić information content (AvgIpc) is 2.95. The highest BCUT2D eigenvalue weighted by Gasteiger charge is 2.20. The van der Waals surface area contributed by atoms with E-state index in [0.29, 0.717) is 23.1 Å². The Kier molecular flexibility index (Phi) is 2.07. The number of nitrogens with one attached hydrogen (secondary N) is 1. The van der Waals surface area contributed by atoms with Gasteiger partial charge in [-0.15, -0.1) is 0 Å². The lowest BCUT2D eigenvalue weighted by molar-refractivity contribution is 0.171. The summed E-state index contributed by atoms with van der Waals surface area (Å²) in [5.41, 5.74) is 7.26. The molecule has 1 aliphatic rings. The highest BCUT2D eigenvalue weighted by atomic mass is 16.7. The monoisotopic (exact) mass is 233 g/mol. The van der Waals surface area contributed by atoms with Crippen molar-refractivity contribution in [3.05, 3.63) is 18.2 Å². The van der Waals surface area contributed by atoms with E-state index in [0.717, 1.165) is 11.3 Å². The van der Waals surface area contributed by atoms with Crippen molar-refractivity contribution in [2.45, 2.75) is 0 Å². The number of aromatic amines is 1. The quantitative estimate of drug-likeness (QED) is 0.819. The van der Waals surface area contributed by atoms with Crippen LogP contribution in [0, 0.1) is 0 Å². The molecule has 1 aromatic carbocycles. The van der Waals surface area contributed by atoms with Crippen molar-refractivity contribution in [1.82, 2.24) is 10.2 Å². The normalized spacial score (nSPS) is 12.8. The van der Waals surface area contributed by atoms with Gasteiger partial charge in [-0.05, 0) is 12.1 Å². The number of aromatic nitrogens is 2. The van der Waals surface area contributed by atoms with Gasteiger partial charge in [0.15, 0.2) is 11.5 Å². The smallest absolute Gasteiger partial charge is 0.231 e. The first-order valence-electron chi connectivity index (χ1n) is 5.07. The van der Waals surface area contributed by atoms with Gasteiger partial charge in [0.25, 0.3) is 0 Å². The van der Waals surface area contributed by atoms with Gasteiger partial charge >= 0.3 is 0 Å². The van der Waals surface area contributed by atoms with Crippen molar-refractivity contribution in [2.24, 2.45) is 0 Å². The third kappa shape index (κ3) is 1.54. The van der Waals surface area contributed by atoms with Crippen molar-refractivity contribution in [3.8, 4) is 28.5 Å². The van der Waals surface area contributed by atoms with Gasteiger partial charge in [0.1, 0.15) is 5.82 Å². The first-order valence-corrected chi connectivity index (χ1v) is 5.07. The van der Waals surface area contributed by atoms with E-state index < -0.39 is 0 Å². The van der Waals surface area contributed by atoms with Gasteiger partial charge in [-0.1, -0.05) is 0 Å². The fraction of sp³-hybridized carbons (Fsp3) is 0.182. The minimum atomic E-state index is 0.209. The second-order valence-electron chi connectivity index (χ2n) is 3.62. The molecule has 0 saturated carbocycles. The van der Waals surface area contributed by atoms with Crippen LogP contribution in [0.2, 0.25) is 0 Å². The van der Waals surface area contributed by atoms with Gasteiger partial charge in [-0.3, -0.25) is 5.10 Å². The van der Waals surface area contributed by atoms with E-state index in [1.165, 1.54) is 0 Å². The highest BCUT2D eigenvalue weighted by Crippen LogP contribution is 2.43. The summed E-state index contributed by atoms with van der Waals surface area (Å²) in [5.74, 6) is 2.36. The molecule has 0 spiro atoms. The highest BCUT2D eigenvalue weighted by molar-refractivity contribution is 5.70. The molecule has 0 fully saturated rings. The first kappa shape index (κ1) is 9.83. The maximum atomic E-state index is 5.57. The number of ether oxygens (including phenoxy) is 3. The lowest BCUT2D eigenvalue weighted by Crippen LogP contribution is -1.93. The molecule has 1 aliphatic heterocycles. The molecular weight excluding hydrogens is 222 g/mol. The van der Waals surface area contributed by atoms with Crippen LogP contribution in [0.4, 0.5) is 5.82 Å². The molecule has 0 aliphatic carbocycles. The third-order valence-corrected chi connectivity index (χ3v) is 2.57. The summed E-state index contributed by atoms with van der Waals surface area (Å²) in [6.07, 6.45) is 0. The zero-order valence-electron chi connectivity index (χ0n) is 9.19. The van der Waals surface area contributed by atoms with E-state index in [1.54, 1.807) is 13.2 Å². The average molecular weight is 233 g/mol. The third-order valence-electron chi connectivity index (χ3n) is 2.57. The maximum Gasteiger partial charge on any atom is 0.231 e. The Morgan fingerprint density at radius 3 is 2.94 bits per heavy atom. The molecule has 0 radical (unpaired) electrons. The SMILES string of the molecule is COc1cc(-c2cc(N)n[nH]2)cc2c1OCO2. The molecule has 88 valence electrons. The van der Waals surface area contributed by atoms with E-state index in [9.17, 15) is 0 Å². The summed E-state index contributed by atoms with van der Waals surface area (Å²) < 4.78 is 15.9. The van der Waals surface area contributed by atoms with Crippen LogP contribution in [-0.4, -0.2) is 24.1 Å². The Morgan fingerprint density at radius 1 is 1.35 bits per heavy atom. The van der Waals surface area contributed by atoms with Crippen molar-refractivity contribution in [2.75, 3.05) is 19.6 Å². The van der Waals surface area contributed by atoms with Gasteiger partial charge in [0.05, 0.1) is 12.8 Å².